The molecule has 6 nitrogen and oxygen atoms in total. The van der Waals surface area contributed by atoms with E-state index in [1.807, 2.05) is 24.3 Å². The van der Waals surface area contributed by atoms with Crippen LogP contribution < -0.4 is 15.4 Å². The van der Waals surface area contributed by atoms with Crippen LogP contribution in [0.3, 0.4) is 0 Å². The Kier molecular flexibility index (Phi) is 6.28. The summed E-state index contributed by atoms with van der Waals surface area (Å²) < 4.78 is 5.80. The van der Waals surface area contributed by atoms with E-state index in [1.165, 1.54) is 32.4 Å². The van der Waals surface area contributed by atoms with Gasteiger partial charge in [0, 0.05) is 13.0 Å². The molecule has 2 aliphatic heterocycles. The zero-order chi connectivity index (χ0) is 17.5. The zero-order valence-electron chi connectivity index (χ0n) is 14.6. The van der Waals surface area contributed by atoms with Gasteiger partial charge in [0.1, 0.15) is 11.8 Å². The molecule has 1 atom stereocenters. The average Bonchev–Trinajstić information content (AvgIpc) is 2.64. The standard InChI is InChI=1S/C19H27N3O3/c23-18-14-20-19(24)17(21-18)13-15-5-7-16(8-6-15)25-12-4-11-22-9-2-1-3-10-22/h5-8,17H,1-4,9-14H2,(H,20,24)(H,21,23)/t17-/m0/s1. The molecule has 6 heteroatoms. The van der Waals surface area contributed by atoms with Crippen LogP contribution in [0.25, 0.3) is 0 Å². The monoisotopic (exact) mass is 345 g/mol. The van der Waals surface area contributed by atoms with Crippen LogP contribution in [0.15, 0.2) is 24.3 Å². The summed E-state index contributed by atoms with van der Waals surface area (Å²) in [6.45, 7) is 4.34. The molecule has 25 heavy (non-hydrogen) atoms. The van der Waals surface area contributed by atoms with Gasteiger partial charge in [-0.05, 0) is 50.0 Å². The predicted molar refractivity (Wildman–Crippen MR) is 95.5 cm³/mol. The number of rotatable bonds is 7. The quantitative estimate of drug-likeness (QED) is 0.726. The van der Waals surface area contributed by atoms with Gasteiger partial charge in [0.25, 0.3) is 0 Å². The first-order valence-electron chi connectivity index (χ1n) is 9.22. The molecule has 2 saturated heterocycles. The van der Waals surface area contributed by atoms with Crippen LogP contribution in [0.5, 0.6) is 5.75 Å². The minimum Gasteiger partial charge on any atom is -0.494 e. The van der Waals surface area contributed by atoms with E-state index < -0.39 is 6.04 Å². The molecule has 0 bridgehead atoms. The molecule has 3 rings (SSSR count). The van der Waals surface area contributed by atoms with E-state index in [1.54, 1.807) is 0 Å². The minimum atomic E-state index is -0.488. The number of carbonyl (C=O) groups excluding carboxylic acids is 2. The van der Waals surface area contributed by atoms with Crippen molar-refractivity contribution >= 4 is 11.8 Å². The Balaban J connectivity index is 1.39. The van der Waals surface area contributed by atoms with Gasteiger partial charge >= 0.3 is 0 Å². The number of hydrogen-bond acceptors (Lipinski definition) is 4. The highest BCUT2D eigenvalue weighted by molar-refractivity contribution is 5.94. The molecule has 1 aromatic carbocycles. The second-order valence-corrected chi connectivity index (χ2v) is 6.79. The van der Waals surface area contributed by atoms with Crippen molar-refractivity contribution < 1.29 is 14.3 Å². The minimum absolute atomic E-state index is 0.0690. The van der Waals surface area contributed by atoms with Crippen molar-refractivity contribution in [2.75, 3.05) is 32.8 Å². The average molecular weight is 345 g/mol. The third-order valence-corrected chi connectivity index (χ3v) is 4.77. The molecule has 2 amide bonds. The van der Waals surface area contributed by atoms with E-state index in [9.17, 15) is 9.59 Å². The van der Waals surface area contributed by atoms with Crippen molar-refractivity contribution in [3.05, 3.63) is 29.8 Å². The topological polar surface area (TPSA) is 70.7 Å². The lowest BCUT2D eigenvalue weighted by atomic mass is 10.0. The van der Waals surface area contributed by atoms with Crippen LogP contribution in [-0.4, -0.2) is 55.5 Å². The normalized spacial score (nSPS) is 21.5. The van der Waals surface area contributed by atoms with Crippen molar-refractivity contribution in [1.82, 2.24) is 15.5 Å². The summed E-state index contributed by atoms with van der Waals surface area (Å²) in [5.74, 6) is 0.579. The molecule has 136 valence electrons. The molecular weight excluding hydrogens is 318 g/mol. The highest BCUT2D eigenvalue weighted by atomic mass is 16.5. The second-order valence-electron chi connectivity index (χ2n) is 6.79. The van der Waals surface area contributed by atoms with Crippen LogP contribution in [0.2, 0.25) is 0 Å². The summed E-state index contributed by atoms with van der Waals surface area (Å²) in [4.78, 5) is 25.6. The maximum atomic E-state index is 11.8. The molecule has 2 fully saturated rings. The summed E-state index contributed by atoms with van der Waals surface area (Å²) in [5, 5.41) is 5.31. The number of piperazine rings is 1. The molecule has 0 aliphatic carbocycles. The summed E-state index contributed by atoms with van der Waals surface area (Å²) in [5.41, 5.74) is 1.00. The third-order valence-electron chi connectivity index (χ3n) is 4.77. The maximum absolute atomic E-state index is 11.8. The number of amides is 2. The summed E-state index contributed by atoms with van der Waals surface area (Å²) in [6.07, 6.45) is 5.54. The smallest absolute Gasteiger partial charge is 0.243 e. The number of nitrogens with zero attached hydrogens (tertiary/aromatic N) is 1. The van der Waals surface area contributed by atoms with Gasteiger partial charge in [0.05, 0.1) is 13.2 Å². The second kappa shape index (κ2) is 8.85. The Bertz CT molecular complexity index is 582. The molecule has 0 spiro atoms. The van der Waals surface area contributed by atoms with Crippen molar-refractivity contribution in [2.24, 2.45) is 0 Å². The highest BCUT2D eigenvalue weighted by Gasteiger charge is 2.25. The maximum Gasteiger partial charge on any atom is 0.243 e. The van der Waals surface area contributed by atoms with Crippen LogP contribution in [0, 0.1) is 0 Å². The summed E-state index contributed by atoms with van der Waals surface area (Å²) in [6, 6.07) is 7.28. The van der Waals surface area contributed by atoms with Gasteiger partial charge in [0.15, 0.2) is 0 Å². The highest BCUT2D eigenvalue weighted by Crippen LogP contribution is 2.15. The summed E-state index contributed by atoms with van der Waals surface area (Å²) >= 11 is 0. The Hall–Kier alpha value is -2.08. The number of piperidine rings is 1. The largest absolute Gasteiger partial charge is 0.494 e. The Labute approximate surface area is 148 Å². The Morgan fingerprint density at radius 1 is 1.08 bits per heavy atom. The Morgan fingerprint density at radius 2 is 1.84 bits per heavy atom. The molecular formula is C19H27N3O3. The van der Waals surface area contributed by atoms with E-state index >= 15 is 0 Å². The lowest BCUT2D eigenvalue weighted by molar-refractivity contribution is -0.133. The SMILES string of the molecule is O=C1CNC(=O)[C@H](Cc2ccc(OCCCN3CCCCC3)cc2)N1. The lowest BCUT2D eigenvalue weighted by Gasteiger charge is -2.26. The molecule has 0 saturated carbocycles. The lowest BCUT2D eigenvalue weighted by Crippen LogP contribution is -2.56. The number of benzene rings is 1. The molecule has 1 aromatic rings. The van der Waals surface area contributed by atoms with Crippen LogP contribution >= 0.6 is 0 Å². The zero-order valence-corrected chi connectivity index (χ0v) is 14.6. The van der Waals surface area contributed by atoms with Crippen molar-refractivity contribution in [1.29, 1.82) is 0 Å². The van der Waals surface area contributed by atoms with Gasteiger partial charge in [0.2, 0.25) is 11.8 Å². The van der Waals surface area contributed by atoms with E-state index in [4.69, 9.17) is 4.74 Å². The number of nitrogens with one attached hydrogen (secondary N) is 2. The molecule has 2 N–H and O–H groups in total. The fourth-order valence-corrected chi connectivity index (χ4v) is 3.36. The number of likely N-dealkylation sites (tertiary alicyclic amines) is 1. The van der Waals surface area contributed by atoms with E-state index in [2.05, 4.69) is 15.5 Å². The third kappa shape index (κ3) is 5.46. The van der Waals surface area contributed by atoms with Gasteiger partial charge in [-0.1, -0.05) is 18.6 Å². The Morgan fingerprint density at radius 3 is 2.60 bits per heavy atom. The van der Waals surface area contributed by atoms with Gasteiger partial charge < -0.3 is 20.3 Å². The van der Waals surface area contributed by atoms with Gasteiger partial charge in [-0.3, -0.25) is 9.59 Å². The fraction of sp³-hybridized carbons (Fsp3) is 0.579. The van der Waals surface area contributed by atoms with Crippen molar-refractivity contribution in [2.45, 2.75) is 38.1 Å². The van der Waals surface area contributed by atoms with Gasteiger partial charge in [-0.25, -0.2) is 0 Å². The van der Waals surface area contributed by atoms with Gasteiger partial charge in [-0.15, -0.1) is 0 Å². The van der Waals surface area contributed by atoms with Crippen molar-refractivity contribution in [3.63, 3.8) is 0 Å². The predicted octanol–water partition coefficient (Wildman–Crippen LogP) is 1.10. The number of ether oxygens (including phenoxy) is 1. The molecule has 2 heterocycles. The van der Waals surface area contributed by atoms with E-state index in [-0.39, 0.29) is 18.4 Å². The van der Waals surface area contributed by atoms with E-state index in [0.717, 1.165) is 30.9 Å². The number of hydrogen-bond donors (Lipinski definition) is 2. The van der Waals surface area contributed by atoms with Gasteiger partial charge in [-0.2, -0.15) is 0 Å². The van der Waals surface area contributed by atoms with E-state index in [0.29, 0.717) is 6.42 Å². The van der Waals surface area contributed by atoms with Crippen LogP contribution in [0.4, 0.5) is 0 Å². The van der Waals surface area contributed by atoms with Crippen LogP contribution in [-0.2, 0) is 16.0 Å². The first-order valence-corrected chi connectivity index (χ1v) is 9.22. The molecule has 0 unspecified atom stereocenters. The molecule has 0 aromatic heterocycles. The van der Waals surface area contributed by atoms with Crippen molar-refractivity contribution in [3.8, 4) is 5.75 Å². The number of carbonyl (C=O) groups is 2. The molecule has 0 radical (unpaired) electrons. The molecule has 2 aliphatic rings. The van der Waals surface area contributed by atoms with Crippen LogP contribution in [0.1, 0.15) is 31.2 Å². The first-order chi connectivity index (χ1) is 12.2. The first kappa shape index (κ1) is 17.7. The fourth-order valence-electron chi connectivity index (χ4n) is 3.36. The summed E-state index contributed by atoms with van der Waals surface area (Å²) in [7, 11) is 0.